The molecule has 0 spiro atoms. The molecule has 4 heteroatoms. The summed E-state index contributed by atoms with van der Waals surface area (Å²) < 4.78 is 5.83. The third kappa shape index (κ3) is 4.03. The first kappa shape index (κ1) is 13.5. The van der Waals surface area contributed by atoms with Gasteiger partial charge in [0.25, 0.3) is 0 Å². The van der Waals surface area contributed by atoms with Crippen LogP contribution < -0.4 is 10.1 Å². The van der Waals surface area contributed by atoms with Crippen molar-refractivity contribution >= 4 is 0 Å². The van der Waals surface area contributed by atoms with Gasteiger partial charge in [0.2, 0.25) is 0 Å². The second kappa shape index (κ2) is 6.85. The Kier molecular flexibility index (Phi) is 4.86. The quantitative estimate of drug-likeness (QED) is 0.808. The monoisotopic (exact) mass is 257 g/mol. The van der Waals surface area contributed by atoms with E-state index in [-0.39, 0.29) is 0 Å². The lowest BCUT2D eigenvalue weighted by molar-refractivity contribution is 0.473. The average molecular weight is 257 g/mol. The van der Waals surface area contributed by atoms with Crippen molar-refractivity contribution in [3.8, 4) is 11.5 Å². The minimum absolute atomic E-state index is 0.761. The number of pyridine rings is 2. The molecule has 2 rings (SSSR count). The van der Waals surface area contributed by atoms with Gasteiger partial charge in [0, 0.05) is 25.0 Å². The number of aromatic nitrogens is 2. The highest BCUT2D eigenvalue weighted by molar-refractivity contribution is 5.33. The largest absolute Gasteiger partial charge is 0.455 e. The van der Waals surface area contributed by atoms with Crippen LogP contribution in [0.1, 0.15) is 24.7 Å². The van der Waals surface area contributed by atoms with Gasteiger partial charge in [-0.2, -0.15) is 0 Å². The van der Waals surface area contributed by atoms with Crippen molar-refractivity contribution in [3.63, 3.8) is 0 Å². The molecule has 0 aliphatic carbocycles. The Hall–Kier alpha value is -1.94. The lowest BCUT2D eigenvalue weighted by Gasteiger charge is -2.09. The van der Waals surface area contributed by atoms with Crippen molar-refractivity contribution in [2.24, 2.45) is 0 Å². The number of nitrogens with one attached hydrogen (secondary N) is 1. The van der Waals surface area contributed by atoms with Crippen LogP contribution in [0.25, 0.3) is 0 Å². The average Bonchev–Trinajstić information content (AvgIpc) is 2.42. The third-order valence-corrected chi connectivity index (χ3v) is 2.71. The normalized spacial score (nSPS) is 10.4. The molecule has 0 aliphatic rings. The summed E-state index contributed by atoms with van der Waals surface area (Å²) >= 11 is 0. The fraction of sp³-hybridized carbons (Fsp3) is 0.333. The smallest absolute Gasteiger partial charge is 0.148 e. The van der Waals surface area contributed by atoms with E-state index in [1.807, 2.05) is 31.2 Å². The first-order valence-electron chi connectivity index (χ1n) is 6.54. The molecule has 0 aliphatic heterocycles. The van der Waals surface area contributed by atoms with Crippen LogP contribution in [0.2, 0.25) is 0 Å². The van der Waals surface area contributed by atoms with E-state index in [9.17, 15) is 0 Å². The highest BCUT2D eigenvalue weighted by atomic mass is 16.5. The molecule has 1 N–H and O–H groups in total. The van der Waals surface area contributed by atoms with Gasteiger partial charge in [-0.05, 0) is 38.1 Å². The maximum atomic E-state index is 5.83. The summed E-state index contributed by atoms with van der Waals surface area (Å²) in [5, 5.41) is 3.32. The van der Waals surface area contributed by atoms with Crippen LogP contribution in [-0.2, 0) is 6.54 Å². The molecule has 100 valence electrons. The fourth-order valence-electron chi connectivity index (χ4n) is 1.71. The van der Waals surface area contributed by atoms with Crippen molar-refractivity contribution in [1.82, 2.24) is 15.3 Å². The summed E-state index contributed by atoms with van der Waals surface area (Å²) in [6.45, 7) is 5.83. The van der Waals surface area contributed by atoms with Gasteiger partial charge in [-0.25, -0.2) is 0 Å². The Bertz CT molecular complexity index is 528. The molecule has 0 saturated carbocycles. The van der Waals surface area contributed by atoms with Crippen LogP contribution in [0.15, 0.2) is 36.7 Å². The maximum Gasteiger partial charge on any atom is 0.148 e. The topological polar surface area (TPSA) is 47.0 Å². The predicted octanol–water partition coefficient (Wildman–Crippen LogP) is 3.08. The van der Waals surface area contributed by atoms with Crippen LogP contribution in [0.4, 0.5) is 0 Å². The summed E-state index contributed by atoms with van der Waals surface area (Å²) in [4.78, 5) is 8.52. The molecule has 4 nitrogen and oxygen atoms in total. The molecule has 0 atom stereocenters. The van der Waals surface area contributed by atoms with Gasteiger partial charge in [0.1, 0.15) is 11.5 Å². The highest BCUT2D eigenvalue weighted by Crippen LogP contribution is 2.23. The lowest BCUT2D eigenvalue weighted by atomic mass is 10.3. The zero-order valence-electron chi connectivity index (χ0n) is 11.4. The van der Waals surface area contributed by atoms with Gasteiger partial charge in [0.05, 0.1) is 11.4 Å². The van der Waals surface area contributed by atoms with Crippen molar-refractivity contribution in [1.29, 1.82) is 0 Å². The second-order valence-electron chi connectivity index (χ2n) is 4.35. The molecule has 0 amide bonds. The SMILES string of the molecule is CCCNCc1cc(Oc2cccnc2C)ccn1. The third-order valence-electron chi connectivity index (χ3n) is 2.71. The molecular weight excluding hydrogens is 238 g/mol. The van der Waals surface area contributed by atoms with Gasteiger partial charge < -0.3 is 10.1 Å². The van der Waals surface area contributed by atoms with E-state index < -0.39 is 0 Å². The lowest BCUT2D eigenvalue weighted by Crippen LogP contribution is -2.14. The zero-order chi connectivity index (χ0) is 13.5. The Morgan fingerprint density at radius 3 is 2.89 bits per heavy atom. The van der Waals surface area contributed by atoms with Crippen LogP contribution in [0.3, 0.4) is 0 Å². The molecular formula is C15H19N3O. The summed E-state index contributed by atoms with van der Waals surface area (Å²) in [7, 11) is 0. The number of hydrogen-bond acceptors (Lipinski definition) is 4. The number of aryl methyl sites for hydroxylation is 1. The van der Waals surface area contributed by atoms with Crippen molar-refractivity contribution < 1.29 is 4.74 Å². The molecule has 2 aromatic rings. The summed E-state index contributed by atoms with van der Waals surface area (Å²) in [5.74, 6) is 1.57. The molecule has 0 radical (unpaired) electrons. The Morgan fingerprint density at radius 2 is 2.11 bits per heavy atom. The van der Waals surface area contributed by atoms with E-state index in [4.69, 9.17) is 4.74 Å². The van der Waals surface area contributed by atoms with E-state index in [1.165, 1.54) is 0 Å². The Balaban J connectivity index is 2.05. The zero-order valence-corrected chi connectivity index (χ0v) is 11.4. The summed E-state index contributed by atoms with van der Waals surface area (Å²) in [5.41, 5.74) is 1.86. The Morgan fingerprint density at radius 1 is 1.21 bits per heavy atom. The standard InChI is InChI=1S/C15H19N3O/c1-3-7-16-11-13-10-14(6-9-18-13)19-15-5-4-8-17-12(15)2/h4-6,8-10,16H,3,7,11H2,1-2H3. The molecule has 0 saturated heterocycles. The van der Waals surface area contributed by atoms with Crippen molar-refractivity contribution in [2.75, 3.05) is 6.54 Å². The van der Waals surface area contributed by atoms with Crippen molar-refractivity contribution in [2.45, 2.75) is 26.8 Å². The molecule has 0 unspecified atom stereocenters. The summed E-state index contributed by atoms with van der Waals surface area (Å²) in [6, 6.07) is 7.59. The van der Waals surface area contributed by atoms with Gasteiger partial charge >= 0.3 is 0 Å². The first-order valence-corrected chi connectivity index (χ1v) is 6.54. The van der Waals surface area contributed by atoms with Gasteiger partial charge in [-0.1, -0.05) is 6.92 Å². The van der Waals surface area contributed by atoms with Crippen molar-refractivity contribution in [3.05, 3.63) is 48.0 Å². The maximum absolute atomic E-state index is 5.83. The number of nitrogens with zero attached hydrogens (tertiary/aromatic N) is 2. The molecule has 2 heterocycles. The molecule has 0 aromatic carbocycles. The van der Waals surface area contributed by atoms with Crippen LogP contribution in [0, 0.1) is 6.92 Å². The minimum Gasteiger partial charge on any atom is -0.455 e. The van der Waals surface area contributed by atoms with Crippen LogP contribution in [-0.4, -0.2) is 16.5 Å². The molecule has 0 bridgehead atoms. The molecule has 2 aromatic heterocycles. The van der Waals surface area contributed by atoms with Crippen LogP contribution in [0.5, 0.6) is 11.5 Å². The minimum atomic E-state index is 0.761. The van der Waals surface area contributed by atoms with Gasteiger partial charge in [0.15, 0.2) is 0 Å². The Labute approximate surface area is 113 Å². The number of hydrogen-bond donors (Lipinski definition) is 1. The first-order chi connectivity index (χ1) is 9.29. The molecule has 0 fully saturated rings. The van der Waals surface area contributed by atoms with Crippen LogP contribution >= 0.6 is 0 Å². The predicted molar refractivity (Wildman–Crippen MR) is 75.3 cm³/mol. The molecule has 19 heavy (non-hydrogen) atoms. The summed E-state index contributed by atoms with van der Waals surface area (Å²) in [6.07, 6.45) is 4.64. The van der Waals surface area contributed by atoms with E-state index in [0.717, 1.165) is 42.4 Å². The number of ether oxygens (including phenoxy) is 1. The van der Waals surface area contributed by atoms with E-state index in [0.29, 0.717) is 0 Å². The number of rotatable bonds is 6. The highest BCUT2D eigenvalue weighted by Gasteiger charge is 2.03. The van der Waals surface area contributed by atoms with E-state index in [1.54, 1.807) is 12.4 Å². The van der Waals surface area contributed by atoms with Gasteiger partial charge in [-0.3, -0.25) is 9.97 Å². The fourth-order valence-corrected chi connectivity index (χ4v) is 1.71. The van der Waals surface area contributed by atoms with E-state index in [2.05, 4.69) is 22.2 Å². The van der Waals surface area contributed by atoms with E-state index >= 15 is 0 Å². The van der Waals surface area contributed by atoms with Gasteiger partial charge in [-0.15, -0.1) is 0 Å². The second-order valence-corrected chi connectivity index (χ2v) is 4.35.